The number of rotatable bonds is 4. The van der Waals surface area contributed by atoms with Crippen LogP contribution in [0.25, 0.3) is 0 Å². The summed E-state index contributed by atoms with van der Waals surface area (Å²) < 4.78 is 4.80. The number of pyridine rings is 1. The second-order valence-corrected chi connectivity index (χ2v) is 3.16. The van der Waals surface area contributed by atoms with E-state index in [-0.39, 0.29) is 23.6 Å². The molecule has 18 heavy (non-hydrogen) atoms. The quantitative estimate of drug-likeness (QED) is 0.627. The summed E-state index contributed by atoms with van der Waals surface area (Å²) in [5.41, 5.74) is 4.71. The zero-order valence-electron chi connectivity index (χ0n) is 9.47. The lowest BCUT2D eigenvalue weighted by atomic mass is 10.2. The summed E-state index contributed by atoms with van der Waals surface area (Å²) in [5, 5.41) is 10.8. The van der Waals surface area contributed by atoms with E-state index in [0.29, 0.717) is 0 Å². The zero-order chi connectivity index (χ0) is 13.7. The first-order chi connectivity index (χ1) is 8.49. The third-order valence-electron chi connectivity index (χ3n) is 1.98. The van der Waals surface area contributed by atoms with Gasteiger partial charge in [-0.05, 0) is 6.07 Å². The Morgan fingerprint density at radius 1 is 1.50 bits per heavy atom. The number of ether oxygens (including phenoxy) is 1. The van der Waals surface area contributed by atoms with Gasteiger partial charge in [-0.2, -0.15) is 0 Å². The van der Waals surface area contributed by atoms with Gasteiger partial charge in [-0.25, -0.2) is 9.78 Å². The van der Waals surface area contributed by atoms with Crippen molar-refractivity contribution in [3.05, 3.63) is 23.5 Å². The number of hydrogen-bond acceptors (Lipinski definition) is 6. The average Bonchev–Trinajstić information content (AvgIpc) is 2.37. The van der Waals surface area contributed by atoms with Gasteiger partial charge in [0, 0.05) is 6.20 Å². The van der Waals surface area contributed by atoms with Gasteiger partial charge in [-0.1, -0.05) is 0 Å². The molecule has 1 rings (SSSR count). The minimum Gasteiger partial charge on any atom is -0.494 e. The van der Waals surface area contributed by atoms with Gasteiger partial charge in [0.25, 0.3) is 5.91 Å². The third-order valence-corrected chi connectivity index (χ3v) is 1.98. The molecule has 96 valence electrons. The van der Waals surface area contributed by atoms with Gasteiger partial charge in [0.05, 0.1) is 19.2 Å². The Morgan fingerprint density at radius 2 is 2.17 bits per heavy atom. The molecule has 0 atom stereocenters. The van der Waals surface area contributed by atoms with Crippen molar-refractivity contribution in [2.75, 3.05) is 13.7 Å². The molecule has 1 aromatic rings. The highest BCUT2D eigenvalue weighted by Gasteiger charge is 2.17. The molecule has 0 saturated heterocycles. The number of nitrogens with zero attached hydrogens (tertiary/aromatic N) is 1. The van der Waals surface area contributed by atoms with E-state index < -0.39 is 17.8 Å². The van der Waals surface area contributed by atoms with Crippen LogP contribution in [0.1, 0.15) is 20.8 Å². The molecule has 0 aliphatic rings. The first kappa shape index (κ1) is 13.6. The summed E-state index contributed by atoms with van der Waals surface area (Å²) in [4.78, 5) is 36.8. The number of methoxy groups -OCH3 is 1. The summed E-state index contributed by atoms with van der Waals surface area (Å²) in [6, 6.07) is 1.18. The number of carboxylic acid groups (broad SMARTS) is 1. The van der Waals surface area contributed by atoms with Crippen LogP contribution in [0.2, 0.25) is 0 Å². The summed E-state index contributed by atoms with van der Waals surface area (Å²) in [7, 11) is 1.25. The smallest absolute Gasteiger partial charge is 0.358 e. The van der Waals surface area contributed by atoms with Crippen molar-refractivity contribution in [1.29, 1.82) is 0 Å². The SMILES string of the molecule is COc1cc(C(=O)NC(=O)CN)cnc1C(=O)O. The van der Waals surface area contributed by atoms with Crippen molar-refractivity contribution < 1.29 is 24.2 Å². The number of imide groups is 1. The van der Waals surface area contributed by atoms with Crippen LogP contribution in [0.3, 0.4) is 0 Å². The summed E-state index contributed by atoms with van der Waals surface area (Å²) in [5.74, 6) is -2.73. The van der Waals surface area contributed by atoms with Crippen molar-refractivity contribution in [3.8, 4) is 5.75 Å². The van der Waals surface area contributed by atoms with Gasteiger partial charge in [-0.3, -0.25) is 14.9 Å². The maximum Gasteiger partial charge on any atom is 0.358 e. The van der Waals surface area contributed by atoms with Crippen molar-refractivity contribution in [3.63, 3.8) is 0 Å². The molecule has 0 radical (unpaired) electrons. The van der Waals surface area contributed by atoms with Crippen molar-refractivity contribution in [2.24, 2.45) is 5.73 Å². The maximum atomic E-state index is 11.5. The largest absolute Gasteiger partial charge is 0.494 e. The number of aromatic nitrogens is 1. The van der Waals surface area contributed by atoms with Crippen molar-refractivity contribution in [2.45, 2.75) is 0 Å². The molecule has 0 saturated carbocycles. The summed E-state index contributed by atoms with van der Waals surface area (Å²) >= 11 is 0. The number of carboxylic acids is 1. The third kappa shape index (κ3) is 3.01. The van der Waals surface area contributed by atoms with E-state index in [1.165, 1.54) is 13.2 Å². The monoisotopic (exact) mass is 253 g/mol. The van der Waals surface area contributed by atoms with Gasteiger partial charge in [0.1, 0.15) is 0 Å². The van der Waals surface area contributed by atoms with E-state index in [1.807, 2.05) is 5.32 Å². The molecule has 0 aliphatic heterocycles. The van der Waals surface area contributed by atoms with Crippen LogP contribution >= 0.6 is 0 Å². The number of carbonyl (C=O) groups excluding carboxylic acids is 2. The summed E-state index contributed by atoms with van der Waals surface area (Å²) in [6.07, 6.45) is 1.03. The standard InChI is InChI=1S/C10H11N3O5/c1-18-6-2-5(4-12-8(6)10(16)17)9(15)13-7(14)3-11/h2,4H,3,11H2,1H3,(H,16,17)(H,13,14,15). The molecule has 0 spiro atoms. The fourth-order valence-corrected chi connectivity index (χ4v) is 1.13. The first-order valence-corrected chi connectivity index (χ1v) is 4.81. The van der Waals surface area contributed by atoms with E-state index in [1.54, 1.807) is 0 Å². The predicted molar refractivity (Wildman–Crippen MR) is 59.3 cm³/mol. The Hall–Kier alpha value is -2.48. The molecule has 0 bridgehead atoms. The zero-order valence-corrected chi connectivity index (χ0v) is 9.47. The highest BCUT2D eigenvalue weighted by molar-refractivity contribution is 6.05. The summed E-state index contributed by atoms with van der Waals surface area (Å²) in [6.45, 7) is -0.330. The molecule has 8 nitrogen and oxygen atoms in total. The lowest BCUT2D eigenvalue weighted by molar-refractivity contribution is -0.118. The Kier molecular flexibility index (Phi) is 4.33. The number of aromatic carboxylic acids is 1. The van der Waals surface area contributed by atoms with E-state index in [2.05, 4.69) is 4.98 Å². The molecule has 0 unspecified atom stereocenters. The van der Waals surface area contributed by atoms with Crippen LogP contribution in [0, 0.1) is 0 Å². The number of amides is 2. The minimum absolute atomic E-state index is 0.00125. The van der Waals surface area contributed by atoms with E-state index in [4.69, 9.17) is 15.6 Å². The molecule has 0 aromatic carbocycles. The van der Waals surface area contributed by atoms with Crippen molar-refractivity contribution in [1.82, 2.24) is 10.3 Å². The highest BCUT2D eigenvalue weighted by Crippen LogP contribution is 2.17. The van der Waals surface area contributed by atoms with Crippen molar-refractivity contribution >= 4 is 17.8 Å². The topological polar surface area (TPSA) is 132 Å². The van der Waals surface area contributed by atoms with Gasteiger partial charge < -0.3 is 15.6 Å². The second kappa shape index (κ2) is 5.73. The number of carbonyl (C=O) groups is 3. The lowest BCUT2D eigenvalue weighted by Crippen LogP contribution is -2.35. The molecule has 1 heterocycles. The molecular weight excluding hydrogens is 242 g/mol. The normalized spacial score (nSPS) is 9.67. The van der Waals surface area contributed by atoms with E-state index in [9.17, 15) is 14.4 Å². The Labute approximate surface area is 102 Å². The molecule has 2 amide bonds. The average molecular weight is 253 g/mol. The minimum atomic E-state index is -1.28. The van der Waals surface area contributed by atoms with Crippen LogP contribution in [0.4, 0.5) is 0 Å². The van der Waals surface area contributed by atoms with E-state index >= 15 is 0 Å². The molecule has 1 aromatic heterocycles. The molecule has 8 heteroatoms. The Balaban J connectivity index is 3.02. The molecule has 4 N–H and O–H groups in total. The fraction of sp³-hybridized carbons (Fsp3) is 0.200. The van der Waals surface area contributed by atoms with Crippen LogP contribution in [0.5, 0.6) is 5.75 Å². The predicted octanol–water partition coefficient (Wildman–Crippen LogP) is -0.996. The van der Waals surface area contributed by atoms with Gasteiger partial charge in [0.15, 0.2) is 11.4 Å². The highest BCUT2D eigenvalue weighted by atomic mass is 16.5. The molecule has 0 fully saturated rings. The van der Waals surface area contributed by atoms with Crippen LogP contribution < -0.4 is 15.8 Å². The molecule has 0 aliphatic carbocycles. The Morgan fingerprint density at radius 3 is 2.67 bits per heavy atom. The van der Waals surface area contributed by atoms with Crippen LogP contribution in [-0.2, 0) is 4.79 Å². The molecular formula is C10H11N3O5. The van der Waals surface area contributed by atoms with Crippen LogP contribution in [-0.4, -0.2) is 41.5 Å². The van der Waals surface area contributed by atoms with E-state index in [0.717, 1.165) is 6.20 Å². The lowest BCUT2D eigenvalue weighted by Gasteiger charge is -2.06. The fourth-order valence-electron chi connectivity index (χ4n) is 1.13. The first-order valence-electron chi connectivity index (χ1n) is 4.81. The maximum absolute atomic E-state index is 11.5. The number of nitrogens with one attached hydrogen (secondary N) is 1. The Bertz CT molecular complexity index is 500. The van der Waals surface area contributed by atoms with Gasteiger partial charge in [0.2, 0.25) is 5.91 Å². The van der Waals surface area contributed by atoms with Gasteiger partial charge in [-0.15, -0.1) is 0 Å². The van der Waals surface area contributed by atoms with Gasteiger partial charge >= 0.3 is 5.97 Å². The van der Waals surface area contributed by atoms with Crippen LogP contribution in [0.15, 0.2) is 12.3 Å². The number of nitrogens with two attached hydrogens (primary N) is 1. The second-order valence-electron chi connectivity index (χ2n) is 3.16. The number of hydrogen-bond donors (Lipinski definition) is 3.